The highest BCUT2D eigenvalue weighted by Gasteiger charge is 2.21. The van der Waals surface area contributed by atoms with Crippen molar-refractivity contribution in [3.05, 3.63) is 47.9 Å². The minimum absolute atomic E-state index is 0.00466. The molecule has 0 aliphatic carbocycles. The third-order valence-electron chi connectivity index (χ3n) is 4.14. The quantitative estimate of drug-likeness (QED) is 0.843. The van der Waals surface area contributed by atoms with Crippen molar-refractivity contribution in [2.24, 2.45) is 0 Å². The normalized spacial score (nSPS) is 15.5. The number of hydrogen-bond acceptors (Lipinski definition) is 5. The van der Waals surface area contributed by atoms with Gasteiger partial charge in [0.1, 0.15) is 6.26 Å². The Labute approximate surface area is 146 Å². The highest BCUT2D eigenvalue weighted by atomic mass is 32.2. The maximum Gasteiger partial charge on any atom is 0.317 e. The van der Waals surface area contributed by atoms with Crippen LogP contribution >= 0.6 is 11.8 Å². The molecular weight excluding hydrogens is 324 g/mol. The Kier molecular flexibility index (Phi) is 5.77. The molecule has 1 aliphatic heterocycles. The van der Waals surface area contributed by atoms with Crippen molar-refractivity contribution in [3.8, 4) is 0 Å². The summed E-state index contributed by atoms with van der Waals surface area (Å²) in [7, 11) is 0. The van der Waals surface area contributed by atoms with Gasteiger partial charge in [0.15, 0.2) is 0 Å². The summed E-state index contributed by atoms with van der Waals surface area (Å²) < 4.78 is 4.85. The van der Waals surface area contributed by atoms with E-state index in [1.54, 1.807) is 18.0 Å². The Morgan fingerprint density at radius 3 is 2.58 bits per heavy atom. The van der Waals surface area contributed by atoms with E-state index < -0.39 is 0 Å². The molecule has 1 saturated heterocycles. The number of aromatic nitrogens is 1. The molecule has 3 rings (SSSR count). The highest BCUT2D eigenvalue weighted by molar-refractivity contribution is 7.98. The monoisotopic (exact) mass is 346 g/mol. The molecule has 0 atom stereocenters. The van der Waals surface area contributed by atoms with Crippen LogP contribution in [0, 0.1) is 0 Å². The average Bonchev–Trinajstić information content (AvgIpc) is 3.14. The molecule has 1 N–H and O–H groups in total. The maximum atomic E-state index is 12.3. The Morgan fingerprint density at radius 1 is 1.21 bits per heavy atom. The van der Waals surface area contributed by atoms with Crippen LogP contribution in [0.3, 0.4) is 0 Å². The van der Waals surface area contributed by atoms with Crippen LogP contribution in [-0.2, 0) is 13.1 Å². The second-order valence-corrected chi connectivity index (χ2v) is 6.64. The average molecular weight is 346 g/mol. The first-order valence-corrected chi connectivity index (χ1v) is 9.24. The van der Waals surface area contributed by atoms with E-state index in [2.05, 4.69) is 45.9 Å². The summed E-state index contributed by atoms with van der Waals surface area (Å²) in [5, 5.41) is 6.93. The zero-order valence-electron chi connectivity index (χ0n) is 13.8. The van der Waals surface area contributed by atoms with Crippen LogP contribution in [0.4, 0.5) is 4.79 Å². The first-order valence-electron chi connectivity index (χ1n) is 8.02. The fourth-order valence-electron chi connectivity index (χ4n) is 2.69. The molecule has 2 aromatic rings. The third kappa shape index (κ3) is 4.52. The molecule has 0 unspecified atom stereocenters. The van der Waals surface area contributed by atoms with E-state index in [1.165, 1.54) is 4.90 Å². The summed E-state index contributed by atoms with van der Waals surface area (Å²) in [5.74, 6) is 0. The SMILES string of the molecule is CSc1ccc(CNC(=O)N2CCN(Cc3ccon3)CC2)cc1. The summed E-state index contributed by atoms with van der Waals surface area (Å²) in [4.78, 5) is 17.7. The van der Waals surface area contributed by atoms with Gasteiger partial charge in [0.05, 0.1) is 5.69 Å². The highest BCUT2D eigenvalue weighted by Crippen LogP contribution is 2.14. The number of benzene rings is 1. The van der Waals surface area contributed by atoms with Crippen molar-refractivity contribution in [1.29, 1.82) is 0 Å². The zero-order chi connectivity index (χ0) is 16.8. The van der Waals surface area contributed by atoms with Crippen LogP contribution < -0.4 is 5.32 Å². The van der Waals surface area contributed by atoms with Crippen molar-refractivity contribution in [2.75, 3.05) is 32.4 Å². The van der Waals surface area contributed by atoms with E-state index in [-0.39, 0.29) is 6.03 Å². The first-order chi connectivity index (χ1) is 11.7. The van der Waals surface area contributed by atoms with Gasteiger partial charge in [0, 0.05) is 50.2 Å². The molecule has 0 saturated carbocycles. The molecule has 0 spiro atoms. The van der Waals surface area contributed by atoms with Gasteiger partial charge in [-0.3, -0.25) is 4.90 Å². The number of amides is 2. The summed E-state index contributed by atoms with van der Waals surface area (Å²) in [6.07, 6.45) is 3.64. The van der Waals surface area contributed by atoms with Crippen molar-refractivity contribution in [2.45, 2.75) is 18.0 Å². The largest absolute Gasteiger partial charge is 0.364 e. The molecule has 1 aliphatic rings. The van der Waals surface area contributed by atoms with Gasteiger partial charge in [0.25, 0.3) is 0 Å². The Balaban J connectivity index is 1.41. The van der Waals surface area contributed by atoms with Gasteiger partial charge in [-0.15, -0.1) is 11.8 Å². The molecule has 24 heavy (non-hydrogen) atoms. The van der Waals surface area contributed by atoms with Crippen LogP contribution in [0.5, 0.6) is 0 Å². The lowest BCUT2D eigenvalue weighted by atomic mass is 10.2. The second kappa shape index (κ2) is 8.21. The number of hydrogen-bond donors (Lipinski definition) is 1. The lowest BCUT2D eigenvalue weighted by Crippen LogP contribution is -2.51. The second-order valence-electron chi connectivity index (χ2n) is 5.76. The van der Waals surface area contributed by atoms with E-state index in [9.17, 15) is 4.79 Å². The Hall–Kier alpha value is -1.99. The van der Waals surface area contributed by atoms with Gasteiger partial charge in [-0.1, -0.05) is 17.3 Å². The molecule has 128 valence electrons. The standard InChI is InChI=1S/C17H22N4O2S/c1-24-16-4-2-14(3-5-16)12-18-17(22)21-9-7-20(8-10-21)13-15-6-11-23-19-15/h2-6,11H,7-10,12-13H2,1H3,(H,18,22). The first kappa shape index (κ1) is 16.9. The molecule has 1 aromatic carbocycles. The third-order valence-corrected chi connectivity index (χ3v) is 4.88. The molecule has 0 radical (unpaired) electrons. The minimum Gasteiger partial charge on any atom is -0.364 e. The predicted octanol–water partition coefficient (Wildman–Crippen LogP) is 2.42. The fraction of sp³-hybridized carbons (Fsp3) is 0.412. The van der Waals surface area contributed by atoms with Crippen LogP contribution in [-0.4, -0.2) is 53.4 Å². The molecule has 6 nitrogen and oxygen atoms in total. The number of carbonyl (C=O) groups excluding carboxylic acids is 1. The van der Waals surface area contributed by atoms with Gasteiger partial charge in [0.2, 0.25) is 0 Å². The van der Waals surface area contributed by atoms with Gasteiger partial charge in [-0.05, 0) is 24.0 Å². The van der Waals surface area contributed by atoms with E-state index in [0.717, 1.165) is 44.0 Å². The summed E-state index contributed by atoms with van der Waals surface area (Å²) in [6.45, 7) is 4.50. The number of nitrogens with one attached hydrogen (secondary N) is 1. The number of piperazine rings is 1. The minimum atomic E-state index is 0.00466. The van der Waals surface area contributed by atoms with E-state index in [0.29, 0.717) is 6.54 Å². The summed E-state index contributed by atoms with van der Waals surface area (Å²) >= 11 is 1.72. The van der Waals surface area contributed by atoms with Gasteiger partial charge < -0.3 is 14.7 Å². The maximum absolute atomic E-state index is 12.3. The van der Waals surface area contributed by atoms with E-state index in [1.807, 2.05) is 11.0 Å². The number of rotatable bonds is 5. The zero-order valence-corrected chi connectivity index (χ0v) is 14.6. The molecular formula is C17H22N4O2S. The van der Waals surface area contributed by atoms with E-state index >= 15 is 0 Å². The van der Waals surface area contributed by atoms with Crippen molar-refractivity contribution < 1.29 is 9.32 Å². The van der Waals surface area contributed by atoms with Gasteiger partial charge in [-0.2, -0.15) is 0 Å². The molecule has 2 heterocycles. The molecule has 2 amide bonds. The molecule has 1 aromatic heterocycles. The van der Waals surface area contributed by atoms with Crippen LogP contribution in [0.15, 0.2) is 46.0 Å². The summed E-state index contributed by atoms with van der Waals surface area (Å²) in [6, 6.07) is 10.2. The molecule has 1 fully saturated rings. The number of nitrogens with zero attached hydrogens (tertiary/aromatic N) is 3. The smallest absolute Gasteiger partial charge is 0.317 e. The summed E-state index contributed by atoms with van der Waals surface area (Å²) in [5.41, 5.74) is 2.05. The van der Waals surface area contributed by atoms with Crippen molar-refractivity contribution >= 4 is 17.8 Å². The van der Waals surface area contributed by atoms with E-state index in [4.69, 9.17) is 4.52 Å². The topological polar surface area (TPSA) is 61.6 Å². The van der Waals surface area contributed by atoms with Gasteiger partial charge in [-0.25, -0.2) is 4.79 Å². The van der Waals surface area contributed by atoms with Crippen LogP contribution in [0.1, 0.15) is 11.3 Å². The Morgan fingerprint density at radius 2 is 1.96 bits per heavy atom. The van der Waals surface area contributed by atoms with Crippen LogP contribution in [0.25, 0.3) is 0 Å². The molecule has 7 heteroatoms. The number of thioether (sulfide) groups is 1. The molecule has 0 bridgehead atoms. The van der Waals surface area contributed by atoms with Crippen molar-refractivity contribution in [1.82, 2.24) is 20.3 Å². The Bertz CT molecular complexity index is 637. The predicted molar refractivity (Wildman–Crippen MR) is 93.8 cm³/mol. The fourth-order valence-corrected chi connectivity index (χ4v) is 3.10. The number of carbonyl (C=O) groups is 1. The lowest BCUT2D eigenvalue weighted by Gasteiger charge is -2.34. The van der Waals surface area contributed by atoms with Crippen molar-refractivity contribution in [3.63, 3.8) is 0 Å². The van der Waals surface area contributed by atoms with Gasteiger partial charge >= 0.3 is 6.03 Å². The number of urea groups is 1. The van der Waals surface area contributed by atoms with Crippen LogP contribution in [0.2, 0.25) is 0 Å². The lowest BCUT2D eigenvalue weighted by molar-refractivity contribution is 0.133.